The van der Waals surface area contributed by atoms with Gasteiger partial charge in [-0.15, -0.1) is 6.58 Å². The number of hydrogen-bond acceptors (Lipinski definition) is 6. The van der Waals surface area contributed by atoms with E-state index in [9.17, 15) is 27.7 Å². The van der Waals surface area contributed by atoms with Gasteiger partial charge in [0.05, 0.1) is 26.2 Å². The Bertz CT molecular complexity index is 553. The number of ether oxygens (including phenoxy) is 1. The molecule has 1 atom stereocenters. The minimum atomic E-state index is -5.00. The highest BCUT2D eigenvalue weighted by atomic mass is 32.2. The Morgan fingerprint density at radius 2 is 1.64 bits per heavy atom. The van der Waals surface area contributed by atoms with Gasteiger partial charge in [0.1, 0.15) is 0 Å². The number of unbranched alkanes of at least 4 members (excludes halogenated alkanes) is 3. The van der Waals surface area contributed by atoms with E-state index < -0.39 is 39.6 Å². The van der Waals surface area contributed by atoms with Crippen LogP contribution in [-0.2, 0) is 24.4 Å². The third-order valence-electron chi connectivity index (χ3n) is 4.50. The fraction of sp³-hybridized carbons (Fsp3) is 0.789. The fourth-order valence-electron chi connectivity index (χ4n) is 2.57. The van der Waals surface area contributed by atoms with Crippen molar-refractivity contribution in [3.8, 4) is 0 Å². The summed E-state index contributed by atoms with van der Waals surface area (Å²) >= 11 is 0. The summed E-state index contributed by atoms with van der Waals surface area (Å²) in [4.78, 5) is 24.4. The Morgan fingerprint density at radius 3 is 1.96 bits per heavy atom. The molecule has 0 amide bonds. The minimum absolute atomic E-state index is 0.0414. The molecule has 0 aliphatic carbocycles. The van der Waals surface area contributed by atoms with Crippen molar-refractivity contribution in [1.82, 2.24) is 0 Å². The van der Waals surface area contributed by atoms with Crippen molar-refractivity contribution >= 4 is 22.1 Å². The molecule has 0 radical (unpaired) electrons. The van der Waals surface area contributed by atoms with E-state index in [1.165, 1.54) is 19.6 Å². The molecule has 0 heterocycles. The Labute approximate surface area is 169 Å². The quantitative estimate of drug-likeness (QED) is 0.179. The highest BCUT2D eigenvalue weighted by Crippen LogP contribution is 2.28. The summed E-state index contributed by atoms with van der Waals surface area (Å²) in [6.07, 6.45) is 2.51. The molecule has 8 nitrogen and oxygen atoms in total. The van der Waals surface area contributed by atoms with Crippen molar-refractivity contribution < 1.29 is 37.3 Å². The molecule has 2 N–H and O–H groups in total. The molecule has 0 aromatic carbocycles. The summed E-state index contributed by atoms with van der Waals surface area (Å²) in [7, 11) is -5.00. The molecule has 0 saturated carbocycles. The number of carbonyl (C=O) groups is 2. The largest absolute Gasteiger partial charge is 0.550 e. The highest BCUT2D eigenvalue weighted by molar-refractivity contribution is 7.88. The lowest BCUT2D eigenvalue weighted by atomic mass is 10.0. The molecule has 0 rings (SSSR count). The maximum absolute atomic E-state index is 12.0. The molecular weight excluding hydrogens is 386 g/mol. The Balaban J connectivity index is 0. The predicted octanol–water partition coefficient (Wildman–Crippen LogP) is 0.384. The molecule has 0 aliphatic heterocycles. The van der Waals surface area contributed by atoms with E-state index in [4.69, 9.17) is 4.74 Å². The van der Waals surface area contributed by atoms with Crippen LogP contribution in [0.1, 0.15) is 66.2 Å². The molecule has 0 aliphatic rings. The summed E-state index contributed by atoms with van der Waals surface area (Å²) in [5.74, 6) is -3.08. The molecular formula is C19H37NO7S. The monoisotopic (exact) mass is 423 g/mol. The van der Waals surface area contributed by atoms with Crippen molar-refractivity contribution in [3.63, 3.8) is 0 Å². The third kappa shape index (κ3) is 10.8. The van der Waals surface area contributed by atoms with Gasteiger partial charge >= 0.3 is 5.97 Å². The smallest absolute Gasteiger partial charge is 0.330 e. The molecule has 1 unspecified atom stereocenters. The highest BCUT2D eigenvalue weighted by Gasteiger charge is 2.50. The van der Waals surface area contributed by atoms with Crippen LogP contribution < -0.4 is 10.0 Å². The van der Waals surface area contributed by atoms with Crippen LogP contribution in [0.15, 0.2) is 12.7 Å². The van der Waals surface area contributed by atoms with Gasteiger partial charge in [-0.2, -0.15) is 8.42 Å². The van der Waals surface area contributed by atoms with Gasteiger partial charge in [0, 0.05) is 12.4 Å². The first-order chi connectivity index (χ1) is 13.1. The van der Waals surface area contributed by atoms with Gasteiger partial charge in [-0.1, -0.05) is 32.3 Å². The number of carboxylic acids is 1. The van der Waals surface area contributed by atoms with Crippen LogP contribution in [0.25, 0.3) is 0 Å². The molecule has 166 valence electrons. The molecule has 28 heavy (non-hydrogen) atoms. The third-order valence-corrected chi connectivity index (χ3v) is 5.97. The van der Waals surface area contributed by atoms with Gasteiger partial charge in [0.15, 0.2) is 0 Å². The van der Waals surface area contributed by atoms with Crippen LogP contribution in [0, 0.1) is 0 Å². The average molecular weight is 424 g/mol. The van der Waals surface area contributed by atoms with E-state index in [0.29, 0.717) is 6.42 Å². The van der Waals surface area contributed by atoms with E-state index >= 15 is 0 Å². The molecule has 0 saturated heterocycles. The summed E-state index contributed by atoms with van der Waals surface area (Å²) in [5.41, 5.74) is 0. The molecule has 0 fully saturated rings. The standard InChI is InChI=1S/C13H22O7S.C6H15N/c1-3-5-6-7-9-20-12(16)13(8-4-2,10-11(14)15)21(17,18)19;1-4-7(5-2)6-3/h4H,2-3,5-10H2,1H3,(H,14,15)(H,17,18,19);4-6H2,1-3H3. The predicted molar refractivity (Wildman–Crippen MR) is 106 cm³/mol. The SMILES string of the molecule is C=CCC(CC(=O)[O-])(C(=O)OCCCCCC)S(=O)(=O)O.CC[NH+](CC)CC. The van der Waals surface area contributed by atoms with E-state index in [1.54, 1.807) is 4.90 Å². The number of esters is 1. The number of carboxylic acid groups (broad SMARTS) is 1. The zero-order valence-electron chi connectivity index (χ0n) is 17.7. The maximum atomic E-state index is 12.0. The zero-order chi connectivity index (χ0) is 22.2. The first-order valence-corrected chi connectivity index (χ1v) is 11.3. The van der Waals surface area contributed by atoms with Gasteiger partial charge in [-0.25, -0.2) is 0 Å². The van der Waals surface area contributed by atoms with Crippen LogP contribution in [0.2, 0.25) is 0 Å². The minimum Gasteiger partial charge on any atom is -0.550 e. The second-order valence-electron chi connectivity index (χ2n) is 6.52. The van der Waals surface area contributed by atoms with E-state index in [0.717, 1.165) is 25.3 Å². The molecule has 0 bridgehead atoms. The van der Waals surface area contributed by atoms with Crippen molar-refractivity contribution in [2.24, 2.45) is 0 Å². The number of hydrogen-bond donors (Lipinski definition) is 2. The number of carbonyl (C=O) groups excluding carboxylic acids is 2. The van der Waals surface area contributed by atoms with Gasteiger partial charge in [-0.3, -0.25) is 9.35 Å². The Hall–Kier alpha value is -1.45. The first-order valence-electron chi connectivity index (χ1n) is 9.84. The van der Waals surface area contributed by atoms with Crippen molar-refractivity contribution in [2.45, 2.75) is 71.0 Å². The van der Waals surface area contributed by atoms with E-state index in [1.807, 2.05) is 6.92 Å². The number of aliphatic carboxylic acids is 1. The van der Waals surface area contributed by atoms with Crippen LogP contribution in [-0.4, -0.2) is 55.9 Å². The van der Waals surface area contributed by atoms with Crippen LogP contribution in [0.3, 0.4) is 0 Å². The van der Waals surface area contributed by atoms with Gasteiger partial charge in [-0.05, 0) is 33.6 Å². The number of quaternary nitrogens is 1. The molecule has 0 aromatic heterocycles. The maximum Gasteiger partial charge on any atom is 0.330 e. The first kappa shape index (κ1) is 28.8. The average Bonchev–Trinajstić information content (AvgIpc) is 2.61. The van der Waals surface area contributed by atoms with E-state index in [2.05, 4.69) is 27.4 Å². The summed E-state index contributed by atoms with van der Waals surface area (Å²) in [6.45, 7) is 15.7. The van der Waals surface area contributed by atoms with Gasteiger partial charge in [0.2, 0.25) is 4.75 Å². The summed E-state index contributed by atoms with van der Waals surface area (Å²) < 4.78 is 34.4. The van der Waals surface area contributed by atoms with Crippen LogP contribution in [0.5, 0.6) is 0 Å². The lowest BCUT2D eigenvalue weighted by molar-refractivity contribution is -0.894. The van der Waals surface area contributed by atoms with Crippen molar-refractivity contribution in [2.75, 3.05) is 26.2 Å². The van der Waals surface area contributed by atoms with Crippen molar-refractivity contribution in [3.05, 3.63) is 12.7 Å². The van der Waals surface area contributed by atoms with Gasteiger partial charge < -0.3 is 19.5 Å². The molecule has 9 heteroatoms. The fourth-order valence-corrected chi connectivity index (χ4v) is 3.47. The Morgan fingerprint density at radius 1 is 1.11 bits per heavy atom. The molecule has 0 aromatic rings. The second kappa shape index (κ2) is 15.5. The van der Waals surface area contributed by atoms with Crippen LogP contribution >= 0.6 is 0 Å². The number of rotatable bonds is 14. The van der Waals surface area contributed by atoms with E-state index in [-0.39, 0.29) is 6.61 Å². The zero-order valence-corrected chi connectivity index (χ0v) is 18.5. The Kier molecular flexibility index (Phi) is 15.9. The number of nitrogens with one attached hydrogen (secondary N) is 1. The van der Waals surface area contributed by atoms with Gasteiger partial charge in [0.25, 0.3) is 10.1 Å². The topological polar surface area (TPSA) is 125 Å². The van der Waals surface area contributed by atoms with Crippen LogP contribution in [0.4, 0.5) is 0 Å². The summed E-state index contributed by atoms with van der Waals surface area (Å²) in [5, 5.41) is 10.7. The lowest BCUT2D eigenvalue weighted by Crippen LogP contribution is -3.11. The van der Waals surface area contributed by atoms with Crippen molar-refractivity contribution in [1.29, 1.82) is 0 Å². The summed E-state index contributed by atoms with van der Waals surface area (Å²) in [6, 6.07) is 0. The normalized spacial score (nSPS) is 13.2. The molecule has 0 spiro atoms. The second-order valence-corrected chi connectivity index (χ2v) is 8.25. The lowest BCUT2D eigenvalue weighted by Gasteiger charge is -2.27. The number of allylic oxidation sites excluding steroid dienone is 1.